The van der Waals surface area contributed by atoms with Crippen molar-refractivity contribution in [3.63, 3.8) is 0 Å². The monoisotopic (exact) mass is 696 g/mol. The molecule has 5 heteroatoms. The van der Waals surface area contributed by atoms with Crippen molar-refractivity contribution in [3.8, 4) is 22.5 Å². The van der Waals surface area contributed by atoms with Crippen LogP contribution in [0.5, 0.6) is 0 Å². The molecule has 187 valence electrons. The van der Waals surface area contributed by atoms with Crippen LogP contribution in [0.3, 0.4) is 0 Å². The van der Waals surface area contributed by atoms with E-state index in [1.807, 2.05) is 47.9 Å². The van der Waals surface area contributed by atoms with E-state index in [1.165, 1.54) is 37.6 Å². The molecule has 37 heavy (non-hydrogen) atoms. The minimum absolute atomic E-state index is 0. The van der Waals surface area contributed by atoms with E-state index in [0.29, 0.717) is 11.3 Å². The van der Waals surface area contributed by atoms with Crippen molar-refractivity contribution in [2.45, 2.75) is 26.5 Å². The van der Waals surface area contributed by atoms with Crippen LogP contribution < -0.4 is 5.19 Å². The van der Waals surface area contributed by atoms with Gasteiger partial charge in [0.25, 0.3) is 0 Å². The molecule has 0 N–H and O–H groups in total. The second kappa shape index (κ2) is 11.6. The molecule has 0 amide bonds. The molecular weight excluding hydrogens is 665 g/mol. The normalized spacial score (nSPS) is 12.6. The predicted octanol–water partition coefficient (Wildman–Crippen LogP) is 8.32. The van der Waals surface area contributed by atoms with Gasteiger partial charge in [-0.25, -0.2) is 0 Å². The molecule has 0 atom stereocenters. The van der Waals surface area contributed by atoms with Gasteiger partial charge in [-0.05, 0) is 46.5 Å². The third-order valence-corrected chi connectivity index (χ3v) is 9.13. The summed E-state index contributed by atoms with van der Waals surface area (Å²) in [5.41, 5.74) is 3.87. The zero-order valence-corrected chi connectivity index (χ0v) is 25.1. The van der Waals surface area contributed by atoms with E-state index in [9.17, 15) is 0 Å². The van der Waals surface area contributed by atoms with Gasteiger partial charge in [-0.15, -0.1) is 58.8 Å². The van der Waals surface area contributed by atoms with Crippen molar-refractivity contribution in [2.75, 3.05) is 0 Å². The molecule has 3 aromatic carbocycles. The third-order valence-electron chi connectivity index (χ3n) is 5.93. The number of aromatic nitrogens is 2. The van der Waals surface area contributed by atoms with Crippen LogP contribution in [0.25, 0.3) is 42.7 Å². The van der Waals surface area contributed by atoms with Gasteiger partial charge in [0.2, 0.25) is 0 Å². The first-order chi connectivity index (χ1) is 18.6. The number of thiophene rings is 1. The maximum atomic E-state index is 7.33. The van der Waals surface area contributed by atoms with Crippen LogP contribution in [-0.2, 0) is 20.1 Å². The number of nitrogens with zero attached hydrogens (tertiary/aromatic N) is 2. The van der Waals surface area contributed by atoms with Crippen molar-refractivity contribution < 1.29 is 24.2 Å². The van der Waals surface area contributed by atoms with Crippen molar-refractivity contribution in [2.24, 2.45) is 0 Å². The van der Waals surface area contributed by atoms with Crippen LogP contribution in [0.4, 0.5) is 0 Å². The quantitative estimate of drug-likeness (QED) is 0.138. The van der Waals surface area contributed by atoms with Crippen molar-refractivity contribution in [1.29, 1.82) is 0 Å². The summed E-state index contributed by atoms with van der Waals surface area (Å²) in [5.74, 6) is 0. The minimum atomic E-state index is -2.09. The van der Waals surface area contributed by atoms with Crippen LogP contribution in [-0.4, -0.2) is 18.0 Å². The van der Waals surface area contributed by atoms with Crippen LogP contribution in [0.15, 0.2) is 97.3 Å². The Morgan fingerprint density at radius 1 is 0.838 bits per heavy atom. The number of rotatable bonds is 3. The van der Waals surface area contributed by atoms with Crippen LogP contribution >= 0.6 is 11.3 Å². The van der Waals surface area contributed by atoms with Gasteiger partial charge in [-0.2, -0.15) is 11.3 Å². The molecule has 0 spiro atoms. The second-order valence-corrected chi connectivity index (χ2v) is 15.6. The second-order valence-electron chi connectivity index (χ2n) is 9.55. The van der Waals surface area contributed by atoms with Gasteiger partial charge >= 0.3 is 0 Å². The summed E-state index contributed by atoms with van der Waals surface area (Å²) in [6.07, 6.45) is 3.37. The Morgan fingerprint density at radius 2 is 1.62 bits per heavy atom. The molecule has 0 aliphatic carbocycles. The molecule has 3 heterocycles. The first kappa shape index (κ1) is 23.2. The number of aryl methyl sites for hydroxylation is 1. The Kier molecular flexibility index (Phi) is 7.28. The SMILES string of the molecule is C[Si](C)(C)c1c[c-]c(-c2ccccn2)c2sc3ccccc3c12.[2H]C([2H])([2H])c1ccnc(-c2[c-]cccc2)c1.[Ir]. The Hall–Kier alpha value is -2.95. The largest absolute Gasteiger partial charge is 0.305 e. The van der Waals surface area contributed by atoms with Gasteiger partial charge in [-0.1, -0.05) is 67.0 Å². The van der Waals surface area contributed by atoms with Crippen LogP contribution in [0.1, 0.15) is 9.68 Å². The number of benzene rings is 3. The summed E-state index contributed by atoms with van der Waals surface area (Å²) in [4.78, 5) is 8.69. The van der Waals surface area contributed by atoms with Gasteiger partial charge in [0, 0.05) is 49.4 Å². The molecule has 0 unspecified atom stereocenters. The van der Waals surface area contributed by atoms with E-state index in [1.54, 1.807) is 12.1 Å². The summed E-state index contributed by atoms with van der Waals surface area (Å²) >= 11 is 1.86. The molecule has 6 aromatic rings. The first-order valence-electron chi connectivity index (χ1n) is 13.3. The third kappa shape index (κ3) is 5.97. The van der Waals surface area contributed by atoms with Gasteiger partial charge < -0.3 is 9.97 Å². The molecule has 0 saturated heterocycles. The summed E-state index contributed by atoms with van der Waals surface area (Å²) in [6.45, 7) is 5.12. The van der Waals surface area contributed by atoms with Gasteiger partial charge in [0.1, 0.15) is 0 Å². The van der Waals surface area contributed by atoms with Gasteiger partial charge in [-0.3, -0.25) is 0 Å². The average Bonchev–Trinajstić information content (AvgIpc) is 3.33. The van der Waals surface area contributed by atoms with Crippen LogP contribution in [0, 0.1) is 19.0 Å². The molecular formula is C32H28IrN2SSi-2. The van der Waals surface area contributed by atoms with E-state index in [4.69, 9.17) is 4.11 Å². The standard InChI is InChI=1S/C20H18NSSi.C12H10N.Ir/c1-23(2,3)18-12-11-14(16-9-6-7-13-21-16)20-19(18)15-8-4-5-10-17(15)22-20;1-10-7-8-13-12(9-10)11-5-3-2-4-6-11;/h4-10,12-13H,1-3H3;2-5,7-9H,1H3;/q2*-1;/i;1D3;. The fourth-order valence-corrected chi connectivity index (χ4v) is 7.03. The molecule has 0 saturated carbocycles. The zero-order chi connectivity index (χ0) is 27.6. The Balaban J connectivity index is 0.000000192. The van der Waals surface area contributed by atoms with E-state index in [2.05, 4.69) is 78.1 Å². The van der Waals surface area contributed by atoms with E-state index in [-0.39, 0.29) is 20.1 Å². The Labute approximate surface area is 242 Å². The minimum Gasteiger partial charge on any atom is -0.305 e. The van der Waals surface area contributed by atoms with Gasteiger partial charge in [0.15, 0.2) is 0 Å². The van der Waals surface area contributed by atoms with Crippen molar-refractivity contribution in [1.82, 2.24) is 9.97 Å². The topological polar surface area (TPSA) is 25.8 Å². The fraction of sp³-hybridized carbons (Fsp3) is 0.125. The Morgan fingerprint density at radius 3 is 2.35 bits per heavy atom. The van der Waals surface area contributed by atoms with Crippen molar-refractivity contribution in [3.05, 3.63) is 115 Å². The van der Waals surface area contributed by atoms with Gasteiger partial charge in [0.05, 0.1) is 0 Å². The first-order valence-corrected chi connectivity index (χ1v) is 16.2. The van der Waals surface area contributed by atoms with E-state index in [0.717, 1.165) is 16.8 Å². The zero-order valence-electron chi connectivity index (χ0n) is 23.9. The molecule has 1 radical (unpaired) electrons. The maximum absolute atomic E-state index is 7.33. The fourth-order valence-electron chi connectivity index (χ4n) is 4.19. The number of fused-ring (bicyclic) bond motifs is 3. The summed E-state index contributed by atoms with van der Waals surface area (Å²) in [7, 11) is -1.45. The van der Waals surface area contributed by atoms with E-state index < -0.39 is 14.9 Å². The average molecular weight is 696 g/mol. The summed E-state index contributed by atoms with van der Waals surface area (Å²) in [5, 5.41) is 4.28. The molecule has 6 rings (SSSR count). The Bertz CT molecular complexity index is 1730. The number of pyridine rings is 2. The molecule has 0 aliphatic rings. The molecule has 0 bridgehead atoms. The van der Waals surface area contributed by atoms with Crippen molar-refractivity contribution >= 4 is 44.8 Å². The van der Waals surface area contributed by atoms with E-state index >= 15 is 0 Å². The molecule has 2 nitrogen and oxygen atoms in total. The van der Waals surface area contributed by atoms with Crippen LogP contribution in [0.2, 0.25) is 19.6 Å². The predicted molar refractivity (Wildman–Crippen MR) is 158 cm³/mol. The smallest absolute Gasteiger partial charge is 0.0300 e. The molecule has 0 aliphatic heterocycles. The summed E-state index contributed by atoms with van der Waals surface area (Å²) < 4.78 is 24.7. The number of hydrogen-bond acceptors (Lipinski definition) is 3. The number of hydrogen-bond donors (Lipinski definition) is 0. The molecule has 0 fully saturated rings. The maximum Gasteiger partial charge on any atom is 0.0300 e. The summed E-state index contributed by atoms with van der Waals surface area (Å²) in [6, 6.07) is 34.0. The molecule has 3 aromatic heterocycles.